The van der Waals surface area contributed by atoms with Crippen molar-refractivity contribution < 1.29 is 23.9 Å². The summed E-state index contributed by atoms with van der Waals surface area (Å²) in [5.41, 5.74) is 4.32. The summed E-state index contributed by atoms with van der Waals surface area (Å²) in [5.74, 6) is -1.34. The second kappa shape index (κ2) is 10.4. The van der Waals surface area contributed by atoms with E-state index in [2.05, 4.69) is 45.7 Å². The number of rotatable bonds is 6. The van der Waals surface area contributed by atoms with Crippen LogP contribution in [0.15, 0.2) is 36.4 Å². The Morgan fingerprint density at radius 1 is 0.950 bits per heavy atom. The highest BCUT2D eigenvalue weighted by Crippen LogP contribution is 2.60. The lowest BCUT2D eigenvalue weighted by Crippen LogP contribution is -2.37. The fourth-order valence-corrected chi connectivity index (χ4v) is 9.24. The van der Waals surface area contributed by atoms with Gasteiger partial charge < -0.3 is 9.64 Å². The van der Waals surface area contributed by atoms with Crippen molar-refractivity contribution >= 4 is 66.9 Å². The number of nitrogens with zero attached hydrogens (tertiary/aromatic N) is 2. The van der Waals surface area contributed by atoms with Gasteiger partial charge in [0.15, 0.2) is 0 Å². The van der Waals surface area contributed by atoms with Crippen LogP contribution < -0.4 is 14.5 Å². The molecule has 2 saturated heterocycles. The van der Waals surface area contributed by atoms with Gasteiger partial charge in [0, 0.05) is 28.3 Å². The van der Waals surface area contributed by atoms with Crippen molar-refractivity contribution in [3.8, 4) is 5.75 Å². The Morgan fingerprint density at radius 3 is 2.10 bits per heavy atom. The monoisotopic (exact) mass is 670 g/mol. The van der Waals surface area contributed by atoms with Gasteiger partial charge in [-0.3, -0.25) is 19.2 Å². The number of imide groups is 1. The van der Waals surface area contributed by atoms with E-state index in [4.69, 9.17) is 4.74 Å². The molecular weight excluding hydrogens is 640 g/mol. The average Bonchev–Trinajstić information content (AvgIpc) is 3.66. The first-order valence-corrected chi connectivity index (χ1v) is 15.9. The summed E-state index contributed by atoms with van der Waals surface area (Å²) in [6, 6.07) is 11.1. The molecular formula is C31H32Br2N2O5. The van der Waals surface area contributed by atoms with Crippen molar-refractivity contribution in [3.63, 3.8) is 0 Å². The quantitative estimate of drug-likeness (QED) is 0.179. The van der Waals surface area contributed by atoms with E-state index in [9.17, 15) is 19.2 Å². The molecule has 0 unspecified atom stereocenters. The van der Waals surface area contributed by atoms with Crippen LogP contribution in [0.5, 0.6) is 5.75 Å². The number of esters is 1. The number of carbonyl (C=O) groups is 4. The van der Waals surface area contributed by atoms with Gasteiger partial charge >= 0.3 is 5.97 Å². The number of fused-ring (bicyclic) bond motifs is 5. The maximum atomic E-state index is 13.4. The molecule has 2 saturated carbocycles. The van der Waals surface area contributed by atoms with Crippen LogP contribution in [0.3, 0.4) is 0 Å². The molecule has 2 aliphatic heterocycles. The van der Waals surface area contributed by atoms with E-state index in [-0.39, 0.29) is 64.0 Å². The minimum atomic E-state index is -0.576. The number of anilines is 2. The van der Waals surface area contributed by atoms with E-state index in [0.29, 0.717) is 17.0 Å². The fourth-order valence-electron chi connectivity index (χ4n) is 7.37. The fraction of sp³-hybridized carbons (Fsp3) is 0.484. The number of alkyl halides is 2. The van der Waals surface area contributed by atoms with Gasteiger partial charge in [-0.05, 0) is 72.9 Å². The number of ether oxygens (including phenoxy) is 1. The summed E-state index contributed by atoms with van der Waals surface area (Å²) in [6.07, 6.45) is 2.57. The van der Waals surface area contributed by atoms with Crippen LogP contribution in [0.25, 0.3) is 0 Å². The minimum absolute atomic E-state index is 0.0777. The molecule has 7 nitrogen and oxygen atoms in total. The average molecular weight is 672 g/mol. The van der Waals surface area contributed by atoms with Gasteiger partial charge in [0.25, 0.3) is 0 Å². The molecule has 4 aliphatic rings. The maximum absolute atomic E-state index is 13.4. The highest BCUT2D eigenvalue weighted by molar-refractivity contribution is 9.12. The van der Waals surface area contributed by atoms with Gasteiger partial charge in [-0.1, -0.05) is 63.9 Å². The Labute approximate surface area is 250 Å². The second-order valence-corrected chi connectivity index (χ2v) is 13.5. The largest absolute Gasteiger partial charge is 0.426 e. The van der Waals surface area contributed by atoms with Gasteiger partial charge in [0.1, 0.15) is 5.75 Å². The number of amides is 3. The van der Waals surface area contributed by atoms with Crippen LogP contribution in [0, 0.1) is 36.5 Å². The number of carbonyl (C=O) groups excluding carboxylic acids is 4. The molecule has 40 heavy (non-hydrogen) atoms. The Kier molecular flexibility index (Phi) is 7.18. The maximum Gasteiger partial charge on any atom is 0.316 e. The first-order valence-electron chi connectivity index (χ1n) is 14.1. The number of benzene rings is 2. The highest BCUT2D eigenvalue weighted by Gasteiger charge is 2.66. The van der Waals surface area contributed by atoms with Crippen LogP contribution in [0.1, 0.15) is 43.4 Å². The molecule has 2 aliphatic carbocycles. The molecule has 7 atom stereocenters. The standard InChI is InChI=1S/C31H32Br2N2O5/c1-4-16-7-6-8-17(5-2)28(16)34-14-18(12-23(34)36)31(39)40-19-9-10-22(15(3)11-19)35-29(37)24-20-13-21(25(24)30(35)38)27(33)26(20)32/h6-11,18,20-21,24-27H,4-5,12-14H2,1-3H3/t18-,20-,21-,24-,25-,26-,27+/m1/s1. The molecule has 2 aromatic carbocycles. The Morgan fingerprint density at radius 2 is 1.55 bits per heavy atom. The second-order valence-electron chi connectivity index (χ2n) is 11.4. The van der Waals surface area contributed by atoms with E-state index >= 15 is 0 Å². The number of para-hydroxylation sites is 1. The van der Waals surface area contributed by atoms with Crippen molar-refractivity contribution in [2.45, 2.75) is 56.1 Å². The lowest BCUT2D eigenvalue weighted by molar-refractivity contribution is -0.139. The van der Waals surface area contributed by atoms with Gasteiger partial charge in [-0.25, -0.2) is 4.90 Å². The van der Waals surface area contributed by atoms with Crippen molar-refractivity contribution in [1.29, 1.82) is 0 Å². The van der Waals surface area contributed by atoms with E-state index in [1.165, 1.54) is 4.90 Å². The molecule has 6 rings (SSSR count). The molecule has 210 valence electrons. The predicted molar refractivity (Wildman–Crippen MR) is 159 cm³/mol. The molecule has 0 radical (unpaired) electrons. The summed E-state index contributed by atoms with van der Waals surface area (Å²) >= 11 is 7.46. The van der Waals surface area contributed by atoms with Crippen LogP contribution >= 0.6 is 31.9 Å². The number of hydrogen-bond donors (Lipinski definition) is 0. The smallest absolute Gasteiger partial charge is 0.316 e. The van der Waals surface area contributed by atoms with Crippen molar-refractivity contribution in [3.05, 3.63) is 53.1 Å². The number of halogens is 2. The molecule has 2 heterocycles. The topological polar surface area (TPSA) is 84.0 Å². The molecule has 0 N–H and O–H groups in total. The summed E-state index contributed by atoms with van der Waals surface area (Å²) < 4.78 is 5.72. The first-order chi connectivity index (χ1) is 19.2. The lowest BCUT2D eigenvalue weighted by atomic mass is 9.81. The molecule has 3 amide bonds. The normalized spacial score (nSPS) is 30.9. The third-order valence-electron chi connectivity index (χ3n) is 9.31. The van der Waals surface area contributed by atoms with Crippen LogP contribution in [-0.2, 0) is 32.0 Å². The van der Waals surface area contributed by atoms with Gasteiger partial charge in [-0.15, -0.1) is 0 Å². The van der Waals surface area contributed by atoms with Crippen molar-refractivity contribution in [1.82, 2.24) is 0 Å². The van der Waals surface area contributed by atoms with Gasteiger partial charge in [-0.2, -0.15) is 0 Å². The summed E-state index contributed by atoms with van der Waals surface area (Å²) in [5, 5.41) is 0. The molecule has 4 fully saturated rings. The third-order valence-corrected chi connectivity index (χ3v) is 12.5. The number of hydrogen-bond acceptors (Lipinski definition) is 5. The summed E-state index contributed by atoms with van der Waals surface area (Å²) in [6.45, 7) is 6.22. The zero-order valence-corrected chi connectivity index (χ0v) is 25.9. The van der Waals surface area contributed by atoms with E-state index < -0.39 is 11.9 Å². The number of aryl methyl sites for hydroxylation is 3. The zero-order chi connectivity index (χ0) is 28.5. The predicted octanol–water partition coefficient (Wildman–Crippen LogP) is 5.36. The summed E-state index contributed by atoms with van der Waals surface area (Å²) in [4.78, 5) is 56.5. The molecule has 2 bridgehead atoms. The SMILES string of the molecule is CCc1cccc(CC)c1N1C[C@H](C(=O)Oc2ccc(N3C(=O)[C@@H]4[C@H]5C[C@@H]([C@@H](Br)[C@H]5Br)[C@H]4C3=O)c(C)c2)CC1=O. The zero-order valence-electron chi connectivity index (χ0n) is 22.7. The minimum Gasteiger partial charge on any atom is -0.426 e. The van der Waals surface area contributed by atoms with Crippen LogP contribution in [-0.4, -0.2) is 39.9 Å². The van der Waals surface area contributed by atoms with Crippen molar-refractivity contribution in [2.24, 2.45) is 29.6 Å². The van der Waals surface area contributed by atoms with Crippen LogP contribution in [0.4, 0.5) is 11.4 Å². The molecule has 9 heteroatoms. The van der Waals surface area contributed by atoms with Gasteiger partial charge in [0.05, 0.1) is 23.4 Å². The highest BCUT2D eigenvalue weighted by atomic mass is 79.9. The molecule has 2 aromatic rings. The first kappa shape index (κ1) is 27.6. The Bertz CT molecular complexity index is 1370. The lowest BCUT2D eigenvalue weighted by Gasteiger charge is -2.28. The van der Waals surface area contributed by atoms with Crippen molar-refractivity contribution in [2.75, 3.05) is 16.3 Å². The summed E-state index contributed by atoms with van der Waals surface area (Å²) in [7, 11) is 0. The van der Waals surface area contributed by atoms with E-state index in [0.717, 1.165) is 36.1 Å². The Hall–Kier alpha value is -2.52. The van der Waals surface area contributed by atoms with Gasteiger partial charge in [0.2, 0.25) is 17.7 Å². The molecule has 0 spiro atoms. The third kappa shape index (κ3) is 4.18. The van der Waals surface area contributed by atoms with E-state index in [1.54, 1.807) is 23.1 Å². The Balaban J connectivity index is 1.17. The van der Waals surface area contributed by atoms with E-state index in [1.807, 2.05) is 25.1 Å². The molecule has 0 aromatic heterocycles. The van der Waals surface area contributed by atoms with Crippen LogP contribution in [0.2, 0.25) is 0 Å².